The Hall–Kier alpha value is -2.40. The second kappa shape index (κ2) is 18.9. The van der Waals surface area contributed by atoms with Crippen LogP contribution in [0.25, 0.3) is 11.1 Å². The van der Waals surface area contributed by atoms with Crippen LogP contribution in [-0.4, -0.2) is 40.7 Å². The Morgan fingerprint density at radius 2 is 1.57 bits per heavy atom. The van der Waals surface area contributed by atoms with Gasteiger partial charge in [0.05, 0.1) is 35.5 Å². The van der Waals surface area contributed by atoms with Crippen molar-refractivity contribution in [3.05, 3.63) is 68.6 Å². The van der Waals surface area contributed by atoms with Crippen molar-refractivity contribution in [2.45, 2.75) is 60.4 Å². The van der Waals surface area contributed by atoms with Crippen LogP contribution in [0.3, 0.4) is 0 Å². The van der Waals surface area contributed by atoms with Crippen molar-refractivity contribution in [1.82, 2.24) is 12.7 Å². The van der Waals surface area contributed by atoms with E-state index in [2.05, 4.69) is 30.5 Å². The van der Waals surface area contributed by atoms with Gasteiger partial charge >= 0.3 is 11.7 Å². The lowest BCUT2D eigenvalue weighted by molar-refractivity contribution is -0.142. The van der Waals surface area contributed by atoms with Crippen molar-refractivity contribution < 1.29 is 14.3 Å². The molecule has 0 aliphatic heterocycles. The Kier molecular flexibility index (Phi) is 18.7. The summed E-state index contributed by atoms with van der Waals surface area (Å²) in [5, 5.41) is 3.00. The minimum absolute atomic E-state index is 0.347. The summed E-state index contributed by atoms with van der Waals surface area (Å²) >= 11 is 1.71. The molecule has 198 valence electrons. The zero-order valence-corrected chi connectivity index (χ0v) is 25.0. The minimum Gasteiger partial charge on any atom is -0.467 e. The first-order chi connectivity index (χ1) is 16.5. The van der Waals surface area contributed by atoms with Crippen LogP contribution < -0.4 is 16.6 Å². The molecule has 0 aliphatic rings. The zero-order valence-electron chi connectivity index (χ0n) is 22.8. The average Bonchev–Trinajstić information content (AvgIpc) is 2.83. The molecule has 1 heterocycles. The van der Waals surface area contributed by atoms with Crippen LogP contribution in [0.1, 0.15) is 52.3 Å². The molecule has 0 saturated carbocycles. The van der Waals surface area contributed by atoms with E-state index in [-0.39, 0.29) is 17.2 Å². The van der Waals surface area contributed by atoms with Gasteiger partial charge in [0.25, 0.3) is 5.56 Å². The van der Waals surface area contributed by atoms with E-state index in [1.54, 1.807) is 58.0 Å². The molecule has 1 aromatic carbocycles. The molecule has 0 amide bonds. The number of ether oxygens (including phenoxy) is 2. The monoisotopic (exact) mass is 603 g/mol. The van der Waals surface area contributed by atoms with E-state index < -0.39 is 6.04 Å². The van der Waals surface area contributed by atoms with Crippen molar-refractivity contribution in [3.8, 4) is 11.1 Å². The largest absolute Gasteiger partial charge is 0.467 e. The van der Waals surface area contributed by atoms with Crippen molar-refractivity contribution in [2.24, 2.45) is 7.05 Å². The number of allylic oxidation sites excluding steroid dienone is 1. The molecule has 2 rings (SSSR count). The van der Waals surface area contributed by atoms with Crippen molar-refractivity contribution in [2.75, 3.05) is 21.3 Å². The van der Waals surface area contributed by atoms with Crippen LogP contribution in [0.15, 0.2) is 46.1 Å². The number of nitrogens with one attached hydrogen (secondary N) is 1. The SMILES string of the molecule is C=C(C)N[C@@H](Cc1ccc(-c2c(C)n(C)c(=O)n(I)c2=O)cc1)C(=O)OC.CC.CCC.COC. The quantitative estimate of drug-likeness (QED) is 0.383. The first-order valence-electron chi connectivity index (χ1n) is 11.5. The van der Waals surface area contributed by atoms with Gasteiger partial charge in [-0.05, 0) is 25.0 Å². The molecule has 1 aromatic heterocycles. The Balaban J connectivity index is 0. The van der Waals surface area contributed by atoms with Crippen LogP contribution in [0.2, 0.25) is 0 Å². The second-order valence-corrected chi connectivity index (χ2v) is 8.37. The summed E-state index contributed by atoms with van der Waals surface area (Å²) < 4.78 is 11.6. The van der Waals surface area contributed by atoms with E-state index in [4.69, 9.17) is 4.74 Å². The third-order valence-corrected chi connectivity index (χ3v) is 5.15. The fourth-order valence-corrected chi connectivity index (χ4v) is 3.36. The highest BCUT2D eigenvalue weighted by molar-refractivity contribution is 14.1. The number of nitrogens with zero attached hydrogens (tertiary/aromatic N) is 2. The summed E-state index contributed by atoms with van der Waals surface area (Å²) in [6.07, 6.45) is 1.67. The highest BCUT2D eigenvalue weighted by atomic mass is 127. The van der Waals surface area contributed by atoms with Gasteiger partial charge in [0.1, 0.15) is 6.04 Å². The molecule has 0 spiro atoms. The van der Waals surface area contributed by atoms with Crippen molar-refractivity contribution in [3.63, 3.8) is 0 Å². The molecule has 1 atom stereocenters. The van der Waals surface area contributed by atoms with Gasteiger partial charge in [-0.3, -0.25) is 9.36 Å². The van der Waals surface area contributed by atoms with Crippen LogP contribution in [0, 0.1) is 6.92 Å². The molecule has 0 aliphatic carbocycles. The standard InChI is InChI=1S/C19H22IN3O4.C3H8.C2H6O.C2H6/c1-11(2)21-15(18(25)27-5)10-13-6-8-14(9-7-13)16-12(3)22(4)19(26)23(20)17(16)24;2*1-3-2;1-2/h6-9,15,21H,1,10H2,2-5H3;3H2,1-2H3;1-2H3;1-2H3/t15-;;;/m0.../s1. The highest BCUT2D eigenvalue weighted by Gasteiger charge is 2.20. The molecule has 0 fully saturated rings. The number of halogens is 1. The van der Waals surface area contributed by atoms with Gasteiger partial charge in [-0.15, -0.1) is 0 Å². The van der Waals surface area contributed by atoms with E-state index in [0.717, 1.165) is 8.34 Å². The summed E-state index contributed by atoms with van der Waals surface area (Å²) in [5.41, 5.74) is 2.64. The molecule has 1 N–H and O–H groups in total. The Bertz CT molecular complexity index is 1030. The first-order valence-corrected chi connectivity index (χ1v) is 12.4. The third kappa shape index (κ3) is 11.3. The number of benzene rings is 1. The predicted molar refractivity (Wildman–Crippen MR) is 153 cm³/mol. The fourth-order valence-electron chi connectivity index (χ4n) is 2.79. The van der Waals surface area contributed by atoms with Gasteiger partial charge in [0.2, 0.25) is 0 Å². The van der Waals surface area contributed by atoms with Gasteiger partial charge in [0, 0.05) is 39.1 Å². The van der Waals surface area contributed by atoms with E-state index in [0.29, 0.717) is 28.9 Å². The molecule has 0 unspecified atom stereocenters. The van der Waals surface area contributed by atoms with Gasteiger partial charge < -0.3 is 14.8 Å². The maximum atomic E-state index is 12.5. The lowest BCUT2D eigenvalue weighted by atomic mass is 10.0. The topological polar surface area (TPSA) is 91.6 Å². The Morgan fingerprint density at radius 3 is 1.97 bits per heavy atom. The second-order valence-electron chi connectivity index (χ2n) is 7.40. The smallest absolute Gasteiger partial charge is 0.340 e. The summed E-state index contributed by atoms with van der Waals surface area (Å²) in [7, 11) is 6.23. The number of carbonyl (C=O) groups is 1. The number of esters is 1. The molecule has 8 nitrogen and oxygen atoms in total. The van der Waals surface area contributed by atoms with E-state index in [1.165, 1.54) is 18.1 Å². The van der Waals surface area contributed by atoms with Crippen LogP contribution in [-0.2, 0) is 27.7 Å². The van der Waals surface area contributed by atoms with Gasteiger partial charge in [-0.25, -0.2) is 9.59 Å². The molecule has 9 heteroatoms. The summed E-state index contributed by atoms with van der Waals surface area (Å²) in [4.78, 5) is 36.5. The van der Waals surface area contributed by atoms with Crippen LogP contribution in [0.4, 0.5) is 0 Å². The highest BCUT2D eigenvalue weighted by Crippen LogP contribution is 2.20. The predicted octanol–water partition coefficient (Wildman–Crippen LogP) is 4.63. The Morgan fingerprint density at radius 1 is 1.11 bits per heavy atom. The number of aromatic nitrogens is 2. The molecule has 2 aromatic rings. The van der Waals surface area contributed by atoms with Gasteiger partial charge in [-0.2, -0.15) is 2.78 Å². The normalized spacial score (nSPS) is 10.3. The first kappa shape index (κ1) is 34.8. The number of carbonyl (C=O) groups excluding carboxylic acids is 1. The van der Waals surface area contributed by atoms with E-state index in [9.17, 15) is 14.4 Å². The maximum absolute atomic E-state index is 12.5. The fraction of sp³-hybridized carbons (Fsp3) is 0.500. The van der Waals surface area contributed by atoms with Crippen LogP contribution in [0.5, 0.6) is 0 Å². The lowest BCUT2D eigenvalue weighted by Crippen LogP contribution is -2.38. The molecule has 0 bridgehead atoms. The zero-order chi connectivity index (χ0) is 27.7. The van der Waals surface area contributed by atoms with Crippen molar-refractivity contribution >= 4 is 28.8 Å². The molecule has 0 radical (unpaired) electrons. The minimum atomic E-state index is -0.538. The summed E-state index contributed by atoms with van der Waals surface area (Å²) in [6.45, 7) is 15.5. The molecule has 0 saturated heterocycles. The molecule has 35 heavy (non-hydrogen) atoms. The number of hydrogen-bond acceptors (Lipinski definition) is 6. The number of rotatable bonds is 6. The van der Waals surface area contributed by atoms with E-state index in [1.807, 2.05) is 38.1 Å². The summed E-state index contributed by atoms with van der Waals surface area (Å²) in [5.74, 6) is -0.372. The van der Waals surface area contributed by atoms with Crippen LogP contribution >= 0.6 is 22.9 Å². The van der Waals surface area contributed by atoms with Gasteiger partial charge in [-0.1, -0.05) is 65.0 Å². The summed E-state index contributed by atoms with van der Waals surface area (Å²) in [6, 6.07) is 6.80. The van der Waals surface area contributed by atoms with Crippen molar-refractivity contribution in [1.29, 1.82) is 0 Å². The Labute approximate surface area is 223 Å². The molecular formula is C26H42IN3O5. The maximum Gasteiger partial charge on any atom is 0.340 e. The number of methoxy groups -OCH3 is 2. The average molecular weight is 604 g/mol. The van der Waals surface area contributed by atoms with E-state index >= 15 is 0 Å². The van der Waals surface area contributed by atoms with Gasteiger partial charge in [0.15, 0.2) is 0 Å². The molecular weight excluding hydrogens is 561 g/mol. The third-order valence-electron chi connectivity index (χ3n) is 4.30. The lowest BCUT2D eigenvalue weighted by Gasteiger charge is -2.18. The number of hydrogen-bond donors (Lipinski definition) is 1.